The number of fused-ring (bicyclic) bond motifs is 1. The Bertz CT molecular complexity index is 406. The van der Waals surface area contributed by atoms with Gasteiger partial charge in [0.1, 0.15) is 5.75 Å². The summed E-state index contributed by atoms with van der Waals surface area (Å²) in [7, 11) is 0. The summed E-state index contributed by atoms with van der Waals surface area (Å²) in [5.41, 5.74) is 0.617. The van der Waals surface area contributed by atoms with E-state index in [1.807, 2.05) is 6.07 Å². The maximum atomic E-state index is 11.5. The summed E-state index contributed by atoms with van der Waals surface area (Å²) >= 11 is 3.30. The summed E-state index contributed by atoms with van der Waals surface area (Å²) in [6.07, 6.45) is -1.67. The van der Waals surface area contributed by atoms with E-state index in [0.29, 0.717) is 11.4 Å². The van der Waals surface area contributed by atoms with E-state index in [4.69, 9.17) is 4.74 Å². The molecule has 1 heterocycles. The molecule has 80 valence electrons. The molecular weight excluding hydrogens is 262 g/mol. The van der Waals surface area contributed by atoms with Gasteiger partial charge in [0.2, 0.25) is 6.10 Å². The zero-order valence-corrected chi connectivity index (χ0v) is 9.61. The minimum absolute atomic E-state index is 0.324. The molecule has 1 aliphatic rings. The van der Waals surface area contributed by atoms with Crippen molar-refractivity contribution in [3.05, 3.63) is 22.7 Å². The number of hydrogen-bond donors (Lipinski definition) is 2. The Balaban J connectivity index is 2.34. The van der Waals surface area contributed by atoms with E-state index >= 15 is 0 Å². The summed E-state index contributed by atoms with van der Waals surface area (Å²) in [4.78, 5) is 11.5. The number of ether oxygens (including phenoxy) is 1. The Kier molecular flexibility index (Phi) is 2.67. The van der Waals surface area contributed by atoms with Gasteiger partial charge in [-0.2, -0.15) is 0 Å². The van der Waals surface area contributed by atoms with Crippen molar-refractivity contribution in [2.24, 2.45) is 0 Å². The number of halogens is 1. The first-order valence-corrected chi connectivity index (χ1v) is 5.32. The van der Waals surface area contributed by atoms with Gasteiger partial charge in [0.25, 0.3) is 5.91 Å². The monoisotopic (exact) mass is 271 g/mol. The molecule has 0 saturated heterocycles. The van der Waals surface area contributed by atoms with Gasteiger partial charge in [-0.3, -0.25) is 4.79 Å². The van der Waals surface area contributed by atoms with Crippen LogP contribution in [-0.4, -0.2) is 23.2 Å². The number of carbonyl (C=O) groups is 1. The summed E-state index contributed by atoms with van der Waals surface area (Å²) in [6.45, 7) is 1.52. The molecule has 1 aliphatic heterocycles. The molecule has 0 spiro atoms. The van der Waals surface area contributed by atoms with Crippen LogP contribution in [0.5, 0.6) is 5.75 Å². The van der Waals surface area contributed by atoms with Crippen molar-refractivity contribution in [3.63, 3.8) is 0 Å². The average Bonchev–Trinajstić information content (AvgIpc) is 2.15. The van der Waals surface area contributed by atoms with Crippen LogP contribution in [0.2, 0.25) is 0 Å². The number of aliphatic hydroxyl groups is 1. The number of amides is 1. The molecule has 0 aromatic heterocycles. The topological polar surface area (TPSA) is 58.6 Å². The molecule has 2 atom stereocenters. The van der Waals surface area contributed by atoms with Gasteiger partial charge in [-0.15, -0.1) is 0 Å². The second-order valence-corrected chi connectivity index (χ2v) is 4.32. The molecule has 0 saturated carbocycles. The lowest BCUT2D eigenvalue weighted by atomic mass is 10.1. The molecule has 0 unspecified atom stereocenters. The van der Waals surface area contributed by atoms with E-state index in [1.165, 1.54) is 6.92 Å². The molecule has 0 radical (unpaired) electrons. The van der Waals surface area contributed by atoms with E-state index in [9.17, 15) is 9.90 Å². The second kappa shape index (κ2) is 3.83. The minimum Gasteiger partial charge on any atom is -0.476 e. The smallest absolute Gasteiger partial charge is 0.268 e. The molecular formula is C10H10BrNO3. The highest BCUT2D eigenvalue weighted by Crippen LogP contribution is 2.32. The van der Waals surface area contributed by atoms with Gasteiger partial charge in [0, 0.05) is 4.47 Å². The third-order valence-electron chi connectivity index (χ3n) is 2.15. The summed E-state index contributed by atoms with van der Waals surface area (Å²) in [5.74, 6) is 0.249. The van der Waals surface area contributed by atoms with Crippen molar-refractivity contribution in [2.45, 2.75) is 19.1 Å². The van der Waals surface area contributed by atoms with Crippen LogP contribution < -0.4 is 10.1 Å². The molecule has 0 bridgehead atoms. The van der Waals surface area contributed by atoms with Gasteiger partial charge in [0.05, 0.1) is 11.8 Å². The standard InChI is InChI=1S/C10H10BrNO3/c1-5(13)9-10(14)12-7-4-6(11)2-3-8(7)15-9/h2-5,9,13H,1H3,(H,12,14)/t5-,9-/m0/s1. The van der Waals surface area contributed by atoms with E-state index in [2.05, 4.69) is 21.2 Å². The van der Waals surface area contributed by atoms with E-state index in [1.54, 1.807) is 12.1 Å². The van der Waals surface area contributed by atoms with Crippen LogP contribution in [0.15, 0.2) is 22.7 Å². The van der Waals surface area contributed by atoms with Crippen LogP contribution in [0, 0.1) is 0 Å². The number of carbonyl (C=O) groups excluding carboxylic acids is 1. The molecule has 1 aromatic carbocycles. The Morgan fingerprint density at radius 1 is 1.60 bits per heavy atom. The molecule has 15 heavy (non-hydrogen) atoms. The van der Waals surface area contributed by atoms with Crippen LogP contribution in [0.25, 0.3) is 0 Å². The first-order valence-electron chi connectivity index (χ1n) is 4.53. The van der Waals surface area contributed by atoms with Crippen LogP contribution in [0.3, 0.4) is 0 Å². The quantitative estimate of drug-likeness (QED) is 0.815. The Hall–Kier alpha value is -1.07. The van der Waals surface area contributed by atoms with Crippen molar-refractivity contribution in [2.75, 3.05) is 5.32 Å². The Morgan fingerprint density at radius 2 is 2.33 bits per heavy atom. The lowest BCUT2D eigenvalue weighted by Gasteiger charge is -2.27. The first kappa shape index (κ1) is 10.4. The lowest BCUT2D eigenvalue weighted by molar-refractivity contribution is -0.127. The fraction of sp³-hybridized carbons (Fsp3) is 0.300. The zero-order valence-electron chi connectivity index (χ0n) is 8.03. The Morgan fingerprint density at radius 3 is 3.00 bits per heavy atom. The number of nitrogens with one attached hydrogen (secondary N) is 1. The van der Waals surface area contributed by atoms with Crippen LogP contribution >= 0.6 is 15.9 Å². The SMILES string of the molecule is C[C@H](O)[C@@H]1Oc2ccc(Br)cc2NC1=O. The van der Waals surface area contributed by atoms with Gasteiger partial charge in [0.15, 0.2) is 0 Å². The zero-order chi connectivity index (χ0) is 11.0. The van der Waals surface area contributed by atoms with E-state index in [0.717, 1.165) is 4.47 Å². The highest BCUT2D eigenvalue weighted by molar-refractivity contribution is 9.10. The van der Waals surface area contributed by atoms with Crippen molar-refractivity contribution < 1.29 is 14.6 Å². The van der Waals surface area contributed by atoms with Crippen molar-refractivity contribution >= 4 is 27.5 Å². The van der Waals surface area contributed by atoms with Crippen LogP contribution in [0.1, 0.15) is 6.92 Å². The Labute approximate surface area is 95.4 Å². The third kappa shape index (κ3) is 1.98. The maximum Gasteiger partial charge on any atom is 0.268 e. The molecule has 0 aliphatic carbocycles. The van der Waals surface area contributed by atoms with Gasteiger partial charge in [-0.1, -0.05) is 15.9 Å². The maximum absolute atomic E-state index is 11.5. The molecule has 4 nitrogen and oxygen atoms in total. The fourth-order valence-corrected chi connectivity index (χ4v) is 1.78. The molecule has 0 fully saturated rings. The van der Waals surface area contributed by atoms with Crippen LogP contribution in [-0.2, 0) is 4.79 Å². The normalized spacial score (nSPS) is 21.3. The van der Waals surface area contributed by atoms with Gasteiger partial charge >= 0.3 is 0 Å². The number of aliphatic hydroxyl groups excluding tert-OH is 1. The highest BCUT2D eigenvalue weighted by atomic mass is 79.9. The van der Waals surface area contributed by atoms with E-state index in [-0.39, 0.29) is 5.91 Å². The predicted molar refractivity (Wildman–Crippen MR) is 58.9 cm³/mol. The molecule has 1 amide bonds. The van der Waals surface area contributed by atoms with Gasteiger partial charge in [-0.25, -0.2) is 0 Å². The van der Waals surface area contributed by atoms with Crippen molar-refractivity contribution in [3.8, 4) is 5.75 Å². The van der Waals surface area contributed by atoms with Gasteiger partial charge in [-0.05, 0) is 25.1 Å². The molecule has 1 aromatic rings. The first-order chi connectivity index (χ1) is 7.08. The molecule has 2 N–H and O–H groups in total. The number of anilines is 1. The van der Waals surface area contributed by atoms with Crippen molar-refractivity contribution in [1.82, 2.24) is 0 Å². The average molecular weight is 272 g/mol. The number of benzene rings is 1. The summed E-state index contributed by atoms with van der Waals surface area (Å²) in [6, 6.07) is 5.31. The summed E-state index contributed by atoms with van der Waals surface area (Å²) < 4.78 is 6.24. The number of rotatable bonds is 1. The highest BCUT2D eigenvalue weighted by Gasteiger charge is 2.31. The largest absolute Gasteiger partial charge is 0.476 e. The number of hydrogen-bond acceptors (Lipinski definition) is 3. The summed E-state index contributed by atoms with van der Waals surface area (Å²) in [5, 5.41) is 12.0. The minimum atomic E-state index is -0.835. The van der Waals surface area contributed by atoms with Crippen molar-refractivity contribution in [1.29, 1.82) is 0 Å². The lowest BCUT2D eigenvalue weighted by Crippen LogP contribution is -2.44. The molecule has 2 rings (SSSR count). The van der Waals surface area contributed by atoms with Crippen LogP contribution in [0.4, 0.5) is 5.69 Å². The predicted octanol–water partition coefficient (Wildman–Crippen LogP) is 1.53. The third-order valence-corrected chi connectivity index (χ3v) is 2.64. The van der Waals surface area contributed by atoms with E-state index < -0.39 is 12.2 Å². The molecule has 5 heteroatoms. The fourth-order valence-electron chi connectivity index (χ4n) is 1.41. The van der Waals surface area contributed by atoms with Gasteiger partial charge < -0.3 is 15.2 Å². The second-order valence-electron chi connectivity index (χ2n) is 3.41.